The second-order valence-electron chi connectivity index (χ2n) is 5.63. The molecule has 24 heavy (non-hydrogen) atoms. The van der Waals surface area contributed by atoms with Gasteiger partial charge >= 0.3 is 0 Å². The van der Waals surface area contributed by atoms with Crippen molar-refractivity contribution in [3.05, 3.63) is 66.0 Å². The van der Waals surface area contributed by atoms with Gasteiger partial charge in [-0.15, -0.1) is 0 Å². The molecule has 1 aromatic heterocycles. The number of hydrogen-bond donors (Lipinski definition) is 0. The largest absolute Gasteiger partial charge is 0.351 e. The third-order valence-electron chi connectivity index (χ3n) is 3.98. The monoisotopic (exact) mass is 324 g/mol. The van der Waals surface area contributed by atoms with Crippen LogP contribution in [0.1, 0.15) is 25.2 Å². The van der Waals surface area contributed by atoms with Crippen molar-refractivity contribution in [2.45, 2.75) is 33.1 Å². The van der Waals surface area contributed by atoms with Gasteiger partial charge in [0, 0.05) is 19.6 Å². The number of fused-ring (bicyclic) bond motifs is 1. The molecule has 4 heteroatoms. The lowest BCUT2D eigenvalue weighted by Gasteiger charge is -2.19. The van der Waals surface area contributed by atoms with Crippen LogP contribution < -0.4 is 0 Å². The molecule has 2 aromatic carbocycles. The first-order valence-corrected chi connectivity index (χ1v) is 8.53. The zero-order valence-corrected chi connectivity index (χ0v) is 14.3. The molecule has 0 saturated heterocycles. The molecule has 0 aliphatic carbocycles. The van der Waals surface area contributed by atoms with Crippen LogP contribution in [0.2, 0.25) is 0 Å². The molecule has 126 valence electrons. The van der Waals surface area contributed by atoms with Crippen molar-refractivity contribution in [2.75, 3.05) is 13.2 Å². The van der Waals surface area contributed by atoms with Crippen LogP contribution in [-0.2, 0) is 22.4 Å². The third-order valence-corrected chi connectivity index (χ3v) is 3.98. The highest BCUT2D eigenvalue weighted by atomic mass is 16.7. The van der Waals surface area contributed by atoms with Crippen molar-refractivity contribution in [1.82, 2.24) is 9.55 Å². The summed E-state index contributed by atoms with van der Waals surface area (Å²) in [5.74, 6) is 1.03. The quantitative estimate of drug-likeness (QED) is 0.587. The Kier molecular flexibility index (Phi) is 5.62. The molecule has 0 atom stereocenters. The topological polar surface area (TPSA) is 36.3 Å². The van der Waals surface area contributed by atoms with Crippen LogP contribution in [0.15, 0.2) is 54.6 Å². The van der Waals surface area contributed by atoms with E-state index >= 15 is 0 Å². The van der Waals surface area contributed by atoms with E-state index in [0.29, 0.717) is 19.8 Å². The maximum Gasteiger partial charge on any atom is 0.175 e. The fourth-order valence-corrected chi connectivity index (χ4v) is 2.92. The van der Waals surface area contributed by atoms with Crippen LogP contribution in [0, 0.1) is 0 Å². The summed E-state index contributed by atoms with van der Waals surface area (Å²) in [5.41, 5.74) is 3.38. The van der Waals surface area contributed by atoms with Gasteiger partial charge in [-0.2, -0.15) is 0 Å². The zero-order valence-electron chi connectivity index (χ0n) is 14.3. The molecule has 0 aliphatic heterocycles. The SMILES string of the molecule is CCOC(Cn1c(Cc2ccccc2)nc2ccccc21)OCC. The van der Waals surface area contributed by atoms with Crippen molar-refractivity contribution >= 4 is 11.0 Å². The Morgan fingerprint density at radius 1 is 0.917 bits per heavy atom. The Balaban J connectivity index is 1.95. The molecule has 0 aliphatic rings. The summed E-state index contributed by atoms with van der Waals surface area (Å²) in [7, 11) is 0. The summed E-state index contributed by atoms with van der Waals surface area (Å²) in [6, 6.07) is 18.6. The average molecular weight is 324 g/mol. The number of imidazole rings is 1. The minimum Gasteiger partial charge on any atom is -0.351 e. The predicted octanol–water partition coefficient (Wildman–Crippen LogP) is 4.03. The van der Waals surface area contributed by atoms with E-state index in [9.17, 15) is 0 Å². The summed E-state index contributed by atoms with van der Waals surface area (Å²) in [5, 5.41) is 0. The summed E-state index contributed by atoms with van der Waals surface area (Å²) in [6.45, 7) is 5.88. The number of rotatable bonds is 8. The second kappa shape index (κ2) is 8.08. The van der Waals surface area contributed by atoms with Gasteiger partial charge in [-0.1, -0.05) is 42.5 Å². The molecule has 0 amide bonds. The van der Waals surface area contributed by atoms with Crippen molar-refractivity contribution in [3.8, 4) is 0 Å². The van der Waals surface area contributed by atoms with E-state index in [1.54, 1.807) is 0 Å². The number of nitrogens with zero attached hydrogens (tertiary/aromatic N) is 2. The molecule has 0 radical (unpaired) electrons. The van der Waals surface area contributed by atoms with Gasteiger partial charge in [0.1, 0.15) is 5.82 Å². The fourth-order valence-electron chi connectivity index (χ4n) is 2.92. The van der Waals surface area contributed by atoms with E-state index in [-0.39, 0.29) is 6.29 Å². The van der Waals surface area contributed by atoms with Crippen LogP contribution in [-0.4, -0.2) is 29.1 Å². The number of para-hydroxylation sites is 2. The molecular formula is C20H24N2O2. The fraction of sp³-hybridized carbons (Fsp3) is 0.350. The molecule has 0 spiro atoms. The van der Waals surface area contributed by atoms with Crippen molar-refractivity contribution in [3.63, 3.8) is 0 Å². The molecule has 4 nitrogen and oxygen atoms in total. The Hall–Kier alpha value is -2.17. The Morgan fingerprint density at radius 2 is 1.58 bits per heavy atom. The first-order valence-electron chi connectivity index (χ1n) is 8.53. The second-order valence-corrected chi connectivity index (χ2v) is 5.63. The molecule has 0 fully saturated rings. The molecule has 3 aromatic rings. The van der Waals surface area contributed by atoms with Crippen LogP contribution in [0.5, 0.6) is 0 Å². The van der Waals surface area contributed by atoms with E-state index in [0.717, 1.165) is 23.3 Å². The number of aromatic nitrogens is 2. The van der Waals surface area contributed by atoms with Gasteiger partial charge in [0.15, 0.2) is 6.29 Å². The van der Waals surface area contributed by atoms with Gasteiger partial charge in [0.25, 0.3) is 0 Å². The molecule has 3 rings (SSSR count). The third kappa shape index (κ3) is 3.83. The van der Waals surface area contributed by atoms with Crippen molar-refractivity contribution in [1.29, 1.82) is 0 Å². The van der Waals surface area contributed by atoms with E-state index in [2.05, 4.69) is 41.0 Å². The van der Waals surface area contributed by atoms with Gasteiger partial charge in [0.05, 0.1) is 17.6 Å². The van der Waals surface area contributed by atoms with E-state index in [4.69, 9.17) is 14.5 Å². The maximum absolute atomic E-state index is 5.74. The molecule has 0 saturated carbocycles. The highest BCUT2D eigenvalue weighted by Gasteiger charge is 2.16. The summed E-state index contributed by atoms with van der Waals surface area (Å²) < 4.78 is 13.7. The molecule has 0 N–H and O–H groups in total. The molecular weight excluding hydrogens is 300 g/mol. The summed E-state index contributed by atoms with van der Waals surface area (Å²) >= 11 is 0. The molecule has 1 heterocycles. The summed E-state index contributed by atoms with van der Waals surface area (Å²) in [4.78, 5) is 4.83. The number of hydrogen-bond acceptors (Lipinski definition) is 3. The van der Waals surface area contributed by atoms with Crippen LogP contribution >= 0.6 is 0 Å². The minimum absolute atomic E-state index is 0.257. The zero-order chi connectivity index (χ0) is 16.8. The lowest BCUT2D eigenvalue weighted by atomic mass is 10.1. The minimum atomic E-state index is -0.257. The molecule has 0 unspecified atom stereocenters. The van der Waals surface area contributed by atoms with Gasteiger partial charge in [-0.05, 0) is 31.5 Å². The predicted molar refractivity (Wildman–Crippen MR) is 96.0 cm³/mol. The summed E-state index contributed by atoms with van der Waals surface area (Å²) in [6.07, 6.45) is 0.535. The normalized spacial score (nSPS) is 11.5. The lowest BCUT2D eigenvalue weighted by Crippen LogP contribution is -2.24. The van der Waals surface area contributed by atoms with E-state index in [1.807, 2.05) is 32.0 Å². The first-order chi connectivity index (χ1) is 11.8. The van der Waals surface area contributed by atoms with Crippen LogP contribution in [0.25, 0.3) is 11.0 Å². The Morgan fingerprint density at radius 3 is 2.29 bits per heavy atom. The molecule has 0 bridgehead atoms. The standard InChI is InChI=1S/C20H24N2O2/c1-3-23-20(24-4-2)15-22-18-13-9-8-12-17(18)21-19(22)14-16-10-6-5-7-11-16/h5-13,20H,3-4,14-15H2,1-2H3. The van der Waals surface area contributed by atoms with Crippen molar-refractivity contribution in [2.24, 2.45) is 0 Å². The van der Waals surface area contributed by atoms with E-state index < -0.39 is 0 Å². The van der Waals surface area contributed by atoms with Crippen molar-refractivity contribution < 1.29 is 9.47 Å². The maximum atomic E-state index is 5.74. The van der Waals surface area contributed by atoms with E-state index in [1.165, 1.54) is 5.56 Å². The Labute approximate surface area is 143 Å². The van der Waals surface area contributed by atoms with Gasteiger partial charge in [-0.3, -0.25) is 0 Å². The van der Waals surface area contributed by atoms with Gasteiger partial charge in [0.2, 0.25) is 0 Å². The highest BCUT2D eigenvalue weighted by Crippen LogP contribution is 2.20. The number of benzene rings is 2. The smallest absolute Gasteiger partial charge is 0.175 e. The first kappa shape index (κ1) is 16.7. The lowest BCUT2D eigenvalue weighted by molar-refractivity contribution is -0.143. The van der Waals surface area contributed by atoms with Gasteiger partial charge in [-0.25, -0.2) is 4.98 Å². The average Bonchev–Trinajstić information content (AvgIpc) is 2.94. The highest BCUT2D eigenvalue weighted by molar-refractivity contribution is 5.76. The van der Waals surface area contributed by atoms with Crippen LogP contribution in [0.3, 0.4) is 0 Å². The van der Waals surface area contributed by atoms with Crippen LogP contribution in [0.4, 0.5) is 0 Å². The van der Waals surface area contributed by atoms with Gasteiger partial charge < -0.3 is 14.0 Å². The Bertz CT molecular complexity index is 762. The number of ether oxygens (including phenoxy) is 2.